The van der Waals surface area contributed by atoms with E-state index >= 15 is 0 Å². The van der Waals surface area contributed by atoms with E-state index < -0.39 is 0 Å². The lowest BCUT2D eigenvalue weighted by molar-refractivity contribution is 0.184. The Hall–Kier alpha value is -0.0800. The maximum absolute atomic E-state index is 5.11. The number of ether oxygens (including phenoxy) is 1. The van der Waals surface area contributed by atoms with Crippen molar-refractivity contribution in [3.05, 3.63) is 0 Å². The van der Waals surface area contributed by atoms with Crippen LogP contribution in [0.1, 0.15) is 45.4 Å². The van der Waals surface area contributed by atoms with Gasteiger partial charge < -0.3 is 10.1 Å². The van der Waals surface area contributed by atoms with Gasteiger partial charge in [-0.3, -0.25) is 0 Å². The number of hydrogen-bond donors (Lipinski definition) is 1. The minimum absolute atomic E-state index is 0.719. The van der Waals surface area contributed by atoms with E-state index in [9.17, 15) is 0 Å². The molecule has 3 unspecified atom stereocenters. The molecule has 0 bridgehead atoms. The highest BCUT2D eigenvalue weighted by Gasteiger charge is 2.28. The van der Waals surface area contributed by atoms with Gasteiger partial charge in [0.1, 0.15) is 0 Å². The van der Waals surface area contributed by atoms with Crippen LogP contribution in [0.2, 0.25) is 0 Å². The van der Waals surface area contributed by atoms with E-state index in [1.807, 2.05) is 0 Å². The van der Waals surface area contributed by atoms with Crippen LogP contribution in [0.5, 0.6) is 0 Å². The topological polar surface area (TPSA) is 21.3 Å². The summed E-state index contributed by atoms with van der Waals surface area (Å²) < 4.78 is 5.11. The lowest BCUT2D eigenvalue weighted by atomic mass is 9.93. The van der Waals surface area contributed by atoms with E-state index in [2.05, 4.69) is 19.3 Å². The normalized spacial score (nSPS) is 28.2. The first-order valence-electron chi connectivity index (χ1n) is 6.48. The van der Waals surface area contributed by atoms with Crippen LogP contribution in [0, 0.1) is 11.8 Å². The molecule has 0 spiro atoms. The molecule has 1 rings (SSSR count). The van der Waals surface area contributed by atoms with Gasteiger partial charge in [0, 0.05) is 19.8 Å². The minimum atomic E-state index is 0.719. The molecule has 1 N–H and O–H groups in total. The van der Waals surface area contributed by atoms with Crippen molar-refractivity contribution in [1.29, 1.82) is 0 Å². The first kappa shape index (κ1) is 13.0. The fraction of sp³-hybridized carbons (Fsp3) is 1.00. The Labute approximate surface area is 94.8 Å². The predicted octanol–water partition coefficient (Wildman–Crippen LogP) is 2.83. The Morgan fingerprint density at radius 1 is 1.40 bits per heavy atom. The summed E-state index contributed by atoms with van der Waals surface area (Å²) in [5.41, 5.74) is 0. The highest BCUT2D eigenvalue weighted by Crippen LogP contribution is 2.35. The minimum Gasteiger partial charge on any atom is -0.385 e. The van der Waals surface area contributed by atoms with Crippen molar-refractivity contribution in [2.24, 2.45) is 11.8 Å². The first-order valence-corrected chi connectivity index (χ1v) is 6.48. The lowest BCUT2D eigenvalue weighted by Gasteiger charge is -2.23. The predicted molar refractivity (Wildman–Crippen MR) is 65.1 cm³/mol. The van der Waals surface area contributed by atoms with E-state index in [4.69, 9.17) is 4.74 Å². The zero-order chi connectivity index (χ0) is 11.1. The van der Waals surface area contributed by atoms with Crippen LogP contribution in [-0.4, -0.2) is 26.8 Å². The molecule has 0 aromatic rings. The molecule has 1 saturated carbocycles. The van der Waals surface area contributed by atoms with Gasteiger partial charge in [0.2, 0.25) is 0 Å². The van der Waals surface area contributed by atoms with Crippen LogP contribution in [0.3, 0.4) is 0 Å². The Kier molecular flexibility index (Phi) is 6.26. The van der Waals surface area contributed by atoms with Crippen LogP contribution in [0.25, 0.3) is 0 Å². The second kappa shape index (κ2) is 7.24. The molecule has 0 saturated heterocycles. The molecule has 0 amide bonds. The summed E-state index contributed by atoms with van der Waals surface area (Å²) in [6.07, 6.45) is 8.14. The van der Waals surface area contributed by atoms with Crippen molar-refractivity contribution >= 4 is 0 Å². The second-order valence-electron chi connectivity index (χ2n) is 4.88. The van der Waals surface area contributed by atoms with Crippen molar-refractivity contribution in [3.63, 3.8) is 0 Å². The third-order valence-electron chi connectivity index (χ3n) is 3.96. The van der Waals surface area contributed by atoms with Crippen molar-refractivity contribution in [1.82, 2.24) is 5.32 Å². The monoisotopic (exact) mass is 213 g/mol. The van der Waals surface area contributed by atoms with Gasteiger partial charge in [-0.25, -0.2) is 0 Å². The molecular weight excluding hydrogens is 186 g/mol. The van der Waals surface area contributed by atoms with E-state index in [0.717, 1.165) is 24.5 Å². The van der Waals surface area contributed by atoms with E-state index in [-0.39, 0.29) is 0 Å². The van der Waals surface area contributed by atoms with Gasteiger partial charge in [-0.1, -0.05) is 19.8 Å². The van der Waals surface area contributed by atoms with E-state index in [0.29, 0.717) is 0 Å². The second-order valence-corrected chi connectivity index (χ2v) is 4.88. The van der Waals surface area contributed by atoms with Crippen molar-refractivity contribution < 1.29 is 4.74 Å². The summed E-state index contributed by atoms with van der Waals surface area (Å²) in [7, 11) is 3.90. The third kappa shape index (κ3) is 4.12. The number of methoxy groups -OCH3 is 1. The summed E-state index contributed by atoms with van der Waals surface area (Å²) in [5, 5.41) is 3.49. The fourth-order valence-corrected chi connectivity index (χ4v) is 2.91. The van der Waals surface area contributed by atoms with Gasteiger partial charge in [-0.15, -0.1) is 0 Å². The highest BCUT2D eigenvalue weighted by molar-refractivity contribution is 4.83. The third-order valence-corrected chi connectivity index (χ3v) is 3.96. The van der Waals surface area contributed by atoms with Gasteiger partial charge in [-0.2, -0.15) is 0 Å². The molecular formula is C13H27NO. The van der Waals surface area contributed by atoms with Gasteiger partial charge >= 0.3 is 0 Å². The Balaban J connectivity index is 2.25. The number of nitrogens with one attached hydrogen (secondary N) is 1. The molecule has 15 heavy (non-hydrogen) atoms. The molecule has 1 fully saturated rings. The zero-order valence-corrected chi connectivity index (χ0v) is 10.6. The van der Waals surface area contributed by atoms with Gasteiger partial charge in [0.15, 0.2) is 0 Å². The molecule has 90 valence electrons. The van der Waals surface area contributed by atoms with Gasteiger partial charge in [-0.05, 0) is 44.6 Å². The summed E-state index contributed by atoms with van der Waals surface area (Å²) in [6.45, 7) is 3.23. The van der Waals surface area contributed by atoms with Crippen molar-refractivity contribution in [2.45, 2.75) is 51.5 Å². The fourth-order valence-electron chi connectivity index (χ4n) is 2.91. The van der Waals surface area contributed by atoms with E-state index in [1.54, 1.807) is 7.11 Å². The largest absolute Gasteiger partial charge is 0.385 e. The van der Waals surface area contributed by atoms with Crippen LogP contribution in [-0.2, 0) is 4.74 Å². The van der Waals surface area contributed by atoms with Crippen LogP contribution in [0.15, 0.2) is 0 Å². The quantitative estimate of drug-likeness (QED) is 0.657. The van der Waals surface area contributed by atoms with E-state index in [1.165, 1.54) is 38.5 Å². The van der Waals surface area contributed by atoms with Crippen LogP contribution < -0.4 is 5.32 Å². The maximum Gasteiger partial charge on any atom is 0.0462 e. The Morgan fingerprint density at radius 3 is 2.73 bits per heavy atom. The SMILES string of the molecule is CCC1CCC(C(CCCOC)NC)C1. The zero-order valence-electron chi connectivity index (χ0n) is 10.6. The summed E-state index contributed by atoms with van der Waals surface area (Å²) in [6, 6.07) is 0.719. The number of rotatable bonds is 7. The molecule has 3 atom stereocenters. The Bertz CT molecular complexity index is 161. The summed E-state index contributed by atoms with van der Waals surface area (Å²) >= 11 is 0. The molecule has 0 heterocycles. The van der Waals surface area contributed by atoms with Crippen molar-refractivity contribution in [3.8, 4) is 0 Å². The molecule has 0 radical (unpaired) electrons. The smallest absolute Gasteiger partial charge is 0.0462 e. The maximum atomic E-state index is 5.11. The molecule has 1 aliphatic rings. The summed E-state index contributed by atoms with van der Waals surface area (Å²) in [5.74, 6) is 1.91. The summed E-state index contributed by atoms with van der Waals surface area (Å²) in [4.78, 5) is 0. The molecule has 0 aliphatic heterocycles. The molecule has 0 aromatic heterocycles. The average molecular weight is 213 g/mol. The number of hydrogen-bond acceptors (Lipinski definition) is 2. The molecule has 1 aliphatic carbocycles. The standard InChI is InChI=1S/C13H27NO/c1-4-11-7-8-12(10-11)13(14-2)6-5-9-15-3/h11-14H,4-10H2,1-3H3. The van der Waals surface area contributed by atoms with Gasteiger partial charge in [0.25, 0.3) is 0 Å². The van der Waals surface area contributed by atoms with Gasteiger partial charge in [0.05, 0.1) is 0 Å². The highest BCUT2D eigenvalue weighted by atomic mass is 16.5. The lowest BCUT2D eigenvalue weighted by Crippen LogP contribution is -2.32. The van der Waals surface area contributed by atoms with Crippen LogP contribution in [0.4, 0.5) is 0 Å². The Morgan fingerprint density at radius 2 is 2.20 bits per heavy atom. The van der Waals surface area contributed by atoms with Crippen LogP contribution >= 0.6 is 0 Å². The molecule has 2 nitrogen and oxygen atoms in total. The average Bonchev–Trinajstić information content (AvgIpc) is 2.73. The first-order chi connectivity index (χ1) is 7.31. The molecule has 0 aromatic carbocycles. The van der Waals surface area contributed by atoms with Crippen molar-refractivity contribution in [2.75, 3.05) is 20.8 Å². The molecule has 2 heteroatoms.